The Labute approximate surface area is 129 Å². The van der Waals surface area contributed by atoms with Gasteiger partial charge in [-0.3, -0.25) is 0 Å². The van der Waals surface area contributed by atoms with Crippen LogP contribution in [0.2, 0.25) is 0 Å². The van der Waals surface area contributed by atoms with Gasteiger partial charge in [0.25, 0.3) is 0 Å². The van der Waals surface area contributed by atoms with Crippen molar-refractivity contribution in [2.75, 3.05) is 13.6 Å². The van der Waals surface area contributed by atoms with Crippen LogP contribution in [0.1, 0.15) is 16.7 Å². The molecule has 0 fully saturated rings. The van der Waals surface area contributed by atoms with Gasteiger partial charge in [-0.1, -0.05) is 52.3 Å². The normalized spacial score (nSPS) is 10.7. The smallest absolute Gasteiger partial charge is 0.0724 e. The first-order chi connectivity index (χ1) is 9.79. The van der Waals surface area contributed by atoms with Gasteiger partial charge >= 0.3 is 0 Å². The number of rotatable bonds is 7. The Kier molecular flexibility index (Phi) is 6.25. The molecule has 0 heterocycles. The molecule has 0 aliphatic rings. The van der Waals surface area contributed by atoms with E-state index in [4.69, 9.17) is 4.74 Å². The van der Waals surface area contributed by atoms with Crippen LogP contribution in [0.3, 0.4) is 0 Å². The zero-order valence-corrected chi connectivity index (χ0v) is 13.3. The van der Waals surface area contributed by atoms with E-state index in [1.165, 1.54) is 16.7 Å². The van der Waals surface area contributed by atoms with E-state index < -0.39 is 0 Å². The SMILES string of the molecule is CNCCc1ccccc1COCc1cccc(Br)c1. The van der Waals surface area contributed by atoms with Crippen LogP contribution in [0.4, 0.5) is 0 Å². The third-order valence-corrected chi connectivity index (χ3v) is 3.67. The molecule has 0 atom stereocenters. The van der Waals surface area contributed by atoms with E-state index in [2.05, 4.69) is 57.6 Å². The molecule has 2 nitrogen and oxygen atoms in total. The first kappa shape index (κ1) is 15.2. The van der Waals surface area contributed by atoms with Gasteiger partial charge in [0.2, 0.25) is 0 Å². The summed E-state index contributed by atoms with van der Waals surface area (Å²) in [4.78, 5) is 0. The van der Waals surface area contributed by atoms with Crippen molar-refractivity contribution in [1.29, 1.82) is 0 Å². The van der Waals surface area contributed by atoms with E-state index in [-0.39, 0.29) is 0 Å². The lowest BCUT2D eigenvalue weighted by Crippen LogP contribution is -2.11. The van der Waals surface area contributed by atoms with Gasteiger partial charge in [0.05, 0.1) is 13.2 Å². The minimum Gasteiger partial charge on any atom is -0.372 e. The molecule has 2 aromatic rings. The second kappa shape index (κ2) is 8.20. The number of ether oxygens (including phenoxy) is 1. The zero-order chi connectivity index (χ0) is 14.2. The minimum absolute atomic E-state index is 0.639. The molecule has 0 spiro atoms. The lowest BCUT2D eigenvalue weighted by atomic mass is 10.1. The Morgan fingerprint density at radius 1 is 1.00 bits per heavy atom. The molecule has 2 rings (SSSR count). The summed E-state index contributed by atoms with van der Waals surface area (Å²) in [5.41, 5.74) is 3.82. The van der Waals surface area contributed by atoms with Crippen LogP contribution in [0.25, 0.3) is 0 Å². The van der Waals surface area contributed by atoms with Crippen LogP contribution in [-0.4, -0.2) is 13.6 Å². The fourth-order valence-electron chi connectivity index (χ4n) is 2.11. The predicted octanol–water partition coefficient (Wildman–Crippen LogP) is 3.93. The number of halogens is 1. The summed E-state index contributed by atoms with van der Waals surface area (Å²) in [7, 11) is 1.98. The highest BCUT2D eigenvalue weighted by Gasteiger charge is 2.02. The van der Waals surface area contributed by atoms with Gasteiger partial charge in [0.15, 0.2) is 0 Å². The molecule has 0 aliphatic carbocycles. The second-order valence-corrected chi connectivity index (χ2v) is 5.66. The van der Waals surface area contributed by atoms with Crippen LogP contribution >= 0.6 is 15.9 Å². The molecule has 0 aliphatic heterocycles. The molecule has 0 saturated carbocycles. The molecule has 0 amide bonds. The number of hydrogen-bond acceptors (Lipinski definition) is 2. The van der Waals surface area contributed by atoms with E-state index in [0.717, 1.165) is 17.4 Å². The average molecular weight is 334 g/mol. The highest BCUT2D eigenvalue weighted by atomic mass is 79.9. The maximum absolute atomic E-state index is 5.84. The lowest BCUT2D eigenvalue weighted by molar-refractivity contribution is 0.106. The largest absolute Gasteiger partial charge is 0.372 e. The average Bonchev–Trinajstić information content (AvgIpc) is 2.46. The van der Waals surface area contributed by atoms with Crippen molar-refractivity contribution < 1.29 is 4.74 Å². The van der Waals surface area contributed by atoms with E-state index >= 15 is 0 Å². The van der Waals surface area contributed by atoms with Crippen LogP contribution in [0.5, 0.6) is 0 Å². The number of benzene rings is 2. The van der Waals surface area contributed by atoms with Gasteiger partial charge in [0.1, 0.15) is 0 Å². The van der Waals surface area contributed by atoms with Crippen LogP contribution in [0, 0.1) is 0 Å². The van der Waals surface area contributed by atoms with Gasteiger partial charge in [-0.15, -0.1) is 0 Å². The Hall–Kier alpha value is -1.16. The third-order valence-electron chi connectivity index (χ3n) is 3.18. The Morgan fingerprint density at radius 2 is 1.80 bits per heavy atom. The standard InChI is InChI=1S/C17H20BrNO/c1-19-10-9-15-6-2-3-7-16(15)13-20-12-14-5-4-8-17(18)11-14/h2-8,11,19H,9-10,12-13H2,1H3. The Bertz CT molecular complexity index is 542. The summed E-state index contributed by atoms with van der Waals surface area (Å²) in [6.45, 7) is 2.29. The maximum atomic E-state index is 5.84. The van der Waals surface area contributed by atoms with E-state index in [1.807, 2.05) is 19.2 Å². The summed E-state index contributed by atoms with van der Waals surface area (Å²) >= 11 is 3.48. The van der Waals surface area contributed by atoms with E-state index in [9.17, 15) is 0 Å². The predicted molar refractivity (Wildman–Crippen MR) is 86.7 cm³/mol. The molecule has 0 bridgehead atoms. The Morgan fingerprint density at radius 3 is 2.55 bits per heavy atom. The molecule has 20 heavy (non-hydrogen) atoms. The second-order valence-electron chi connectivity index (χ2n) is 4.74. The van der Waals surface area contributed by atoms with Gasteiger partial charge in [-0.25, -0.2) is 0 Å². The van der Waals surface area contributed by atoms with Gasteiger partial charge in [0, 0.05) is 4.47 Å². The third kappa shape index (κ3) is 4.75. The quantitative estimate of drug-likeness (QED) is 0.828. The van der Waals surface area contributed by atoms with Crippen LogP contribution < -0.4 is 5.32 Å². The molecule has 0 saturated heterocycles. The van der Waals surface area contributed by atoms with Crippen molar-refractivity contribution in [3.8, 4) is 0 Å². The first-order valence-corrected chi connectivity index (χ1v) is 7.62. The highest BCUT2D eigenvalue weighted by Crippen LogP contribution is 2.15. The van der Waals surface area contributed by atoms with Crippen molar-refractivity contribution in [2.24, 2.45) is 0 Å². The molecule has 3 heteroatoms. The molecule has 0 unspecified atom stereocenters. The summed E-state index contributed by atoms with van der Waals surface area (Å²) in [5, 5.41) is 3.19. The fourth-order valence-corrected chi connectivity index (χ4v) is 2.55. The van der Waals surface area contributed by atoms with Crippen molar-refractivity contribution in [1.82, 2.24) is 5.32 Å². The summed E-state index contributed by atoms with van der Waals surface area (Å²) in [6.07, 6.45) is 1.03. The van der Waals surface area contributed by atoms with Crippen LogP contribution in [0.15, 0.2) is 53.0 Å². The minimum atomic E-state index is 0.639. The van der Waals surface area contributed by atoms with Crippen molar-refractivity contribution in [3.05, 3.63) is 69.7 Å². The van der Waals surface area contributed by atoms with Gasteiger partial charge in [-0.05, 0) is 48.8 Å². The summed E-state index contributed by atoms with van der Waals surface area (Å²) in [5.74, 6) is 0. The van der Waals surface area contributed by atoms with Gasteiger partial charge < -0.3 is 10.1 Å². The lowest BCUT2D eigenvalue weighted by Gasteiger charge is -2.10. The topological polar surface area (TPSA) is 21.3 Å². The van der Waals surface area contributed by atoms with E-state index in [1.54, 1.807) is 0 Å². The molecular formula is C17H20BrNO. The van der Waals surface area contributed by atoms with Gasteiger partial charge in [-0.2, -0.15) is 0 Å². The molecule has 1 N–H and O–H groups in total. The number of nitrogens with one attached hydrogen (secondary N) is 1. The van der Waals surface area contributed by atoms with Crippen molar-refractivity contribution in [3.63, 3.8) is 0 Å². The molecule has 2 aromatic carbocycles. The summed E-state index contributed by atoms with van der Waals surface area (Å²) < 4.78 is 6.93. The van der Waals surface area contributed by atoms with Crippen molar-refractivity contribution >= 4 is 15.9 Å². The number of likely N-dealkylation sites (N-methyl/N-ethyl adjacent to an activating group) is 1. The number of hydrogen-bond donors (Lipinski definition) is 1. The summed E-state index contributed by atoms with van der Waals surface area (Å²) in [6, 6.07) is 16.7. The monoisotopic (exact) mass is 333 g/mol. The molecule has 0 radical (unpaired) electrons. The first-order valence-electron chi connectivity index (χ1n) is 6.83. The fraction of sp³-hybridized carbons (Fsp3) is 0.294. The molecular weight excluding hydrogens is 314 g/mol. The van der Waals surface area contributed by atoms with Crippen molar-refractivity contribution in [2.45, 2.75) is 19.6 Å². The Balaban J connectivity index is 1.90. The maximum Gasteiger partial charge on any atom is 0.0724 e. The highest BCUT2D eigenvalue weighted by molar-refractivity contribution is 9.10. The molecule has 0 aromatic heterocycles. The molecule has 106 valence electrons. The van der Waals surface area contributed by atoms with E-state index in [0.29, 0.717) is 13.2 Å². The van der Waals surface area contributed by atoms with Crippen LogP contribution in [-0.2, 0) is 24.4 Å². The zero-order valence-electron chi connectivity index (χ0n) is 11.7.